The molecule has 6 N–H and O–H groups in total. The number of hydrazine groups is 1. The van der Waals surface area contributed by atoms with E-state index in [1.807, 2.05) is 18.2 Å². The maximum absolute atomic E-state index is 13.4. The Morgan fingerprint density at radius 3 is 2.00 bits per heavy atom. The highest BCUT2D eigenvalue weighted by Crippen LogP contribution is 2.32. The highest BCUT2D eigenvalue weighted by Gasteiger charge is 2.33. The fourth-order valence-electron chi connectivity index (χ4n) is 5.36. The number of fused-ring (bicyclic) bond motifs is 2. The molecule has 0 aromatic heterocycles. The van der Waals surface area contributed by atoms with Gasteiger partial charge in [0.05, 0.1) is 11.4 Å². The first kappa shape index (κ1) is 36.0. The van der Waals surface area contributed by atoms with E-state index in [-0.39, 0.29) is 39.0 Å². The summed E-state index contributed by atoms with van der Waals surface area (Å²) in [7, 11) is -14.7. The van der Waals surface area contributed by atoms with Crippen LogP contribution in [-0.2, 0) is 35.1 Å². The van der Waals surface area contributed by atoms with Crippen LogP contribution in [0, 0.1) is 0 Å². The van der Waals surface area contributed by atoms with Gasteiger partial charge in [-0.3, -0.25) is 23.2 Å². The summed E-state index contributed by atoms with van der Waals surface area (Å²) in [6.07, 6.45) is 3.36. The van der Waals surface area contributed by atoms with Crippen molar-refractivity contribution in [3.05, 3.63) is 118 Å². The predicted molar refractivity (Wildman–Crippen MR) is 192 cm³/mol. The Balaban J connectivity index is 1.27. The molecule has 0 aliphatic heterocycles. The number of ketones is 2. The molecule has 4 aromatic rings. The maximum Gasteiger partial charge on any atom is 0.296 e. The van der Waals surface area contributed by atoms with Gasteiger partial charge in [-0.25, -0.2) is 0 Å². The molecular weight excluding hydrogens is 739 g/mol. The number of anilines is 3. The van der Waals surface area contributed by atoms with E-state index >= 15 is 0 Å². The highest BCUT2D eigenvalue weighted by molar-refractivity contribution is 7.91. The number of Topliss-reactive ketones (excluding diaryl/α,β-unsaturated/α-hetero) is 1. The van der Waals surface area contributed by atoms with E-state index < -0.39 is 62.3 Å². The van der Waals surface area contributed by atoms with Gasteiger partial charge in [0.1, 0.15) is 20.4 Å². The first-order chi connectivity index (χ1) is 24.4. The molecule has 2 aliphatic rings. The zero-order valence-electron chi connectivity index (χ0n) is 26.5. The van der Waals surface area contributed by atoms with Crippen molar-refractivity contribution in [2.24, 2.45) is 10.2 Å². The average Bonchev–Trinajstić information content (AvgIpc) is 3.06. The molecule has 0 amide bonds. The van der Waals surface area contributed by atoms with Crippen LogP contribution in [0.3, 0.4) is 0 Å². The van der Waals surface area contributed by atoms with Crippen molar-refractivity contribution in [2.45, 2.75) is 16.7 Å². The molecule has 0 bridgehead atoms. The second-order valence-electron chi connectivity index (χ2n) is 11.3. The van der Waals surface area contributed by atoms with Gasteiger partial charge >= 0.3 is 0 Å². The number of benzene rings is 4. The van der Waals surface area contributed by atoms with Crippen molar-refractivity contribution in [1.29, 1.82) is 0 Å². The summed E-state index contributed by atoms with van der Waals surface area (Å²) in [4.78, 5) is 24.3. The van der Waals surface area contributed by atoms with Gasteiger partial charge in [0, 0.05) is 33.8 Å². The number of hydrogen-bond acceptors (Lipinski definition) is 13. The van der Waals surface area contributed by atoms with Gasteiger partial charge in [0.2, 0.25) is 11.6 Å². The molecule has 0 saturated heterocycles. The largest absolute Gasteiger partial charge is 0.356 e. The lowest BCUT2D eigenvalue weighted by molar-refractivity contribution is -0.108. The third-order valence-corrected chi connectivity index (χ3v) is 10.4. The molecule has 266 valence electrons. The molecule has 16 nitrogen and oxygen atoms in total. The summed E-state index contributed by atoms with van der Waals surface area (Å²) in [6.45, 7) is 1.53. The van der Waals surface area contributed by atoms with E-state index in [2.05, 4.69) is 26.4 Å². The number of nitrogens with zero attached hydrogens (tertiary/aromatic N) is 2. The zero-order chi connectivity index (χ0) is 37.6. The third kappa shape index (κ3) is 7.44. The van der Waals surface area contributed by atoms with Crippen LogP contribution in [0.5, 0.6) is 0 Å². The lowest BCUT2D eigenvalue weighted by Crippen LogP contribution is -2.27. The molecule has 2 aliphatic carbocycles. The maximum atomic E-state index is 13.4. The van der Waals surface area contributed by atoms with E-state index in [1.165, 1.54) is 43.3 Å². The molecule has 0 spiro atoms. The van der Waals surface area contributed by atoms with Crippen molar-refractivity contribution in [3.63, 3.8) is 0 Å². The zero-order valence-corrected chi connectivity index (χ0v) is 28.9. The first-order valence-corrected chi connectivity index (χ1v) is 19.1. The molecule has 6 rings (SSSR count). The second kappa shape index (κ2) is 13.4. The molecule has 0 fully saturated rings. The van der Waals surface area contributed by atoms with Crippen molar-refractivity contribution < 1.29 is 48.5 Å². The Labute approximate surface area is 296 Å². The van der Waals surface area contributed by atoms with Crippen LogP contribution in [0.2, 0.25) is 0 Å². The molecule has 0 radical (unpaired) electrons. The Hall–Kier alpha value is -5.83. The van der Waals surface area contributed by atoms with E-state index in [4.69, 9.17) is 0 Å². The van der Waals surface area contributed by atoms with Crippen molar-refractivity contribution in [2.75, 3.05) is 10.7 Å². The van der Waals surface area contributed by atoms with Gasteiger partial charge in [0.25, 0.3) is 30.4 Å². The van der Waals surface area contributed by atoms with Crippen LogP contribution in [0.15, 0.2) is 127 Å². The van der Waals surface area contributed by atoms with E-state index in [0.29, 0.717) is 11.3 Å². The SMILES string of the molecule is CC1=C/C(=N/N=C2\C(=O)c3ccc(Nc4ccccc4)cc3C=C2S(=O)(=O)O)C(=O)C=C1NNc1cc(S(=O)(=O)O)c2cccc(S(=O)(=O)O)c2c1. The smallest absolute Gasteiger partial charge is 0.296 e. The Bertz CT molecular complexity index is 2720. The van der Waals surface area contributed by atoms with E-state index in [0.717, 1.165) is 30.0 Å². The van der Waals surface area contributed by atoms with Crippen LogP contribution >= 0.6 is 0 Å². The van der Waals surface area contributed by atoms with Gasteiger partial charge < -0.3 is 16.2 Å². The molecule has 0 atom stereocenters. The summed E-state index contributed by atoms with van der Waals surface area (Å²) < 4.78 is 102. The van der Waals surface area contributed by atoms with Crippen LogP contribution in [0.25, 0.3) is 16.8 Å². The predicted octanol–water partition coefficient (Wildman–Crippen LogP) is 4.33. The van der Waals surface area contributed by atoms with Gasteiger partial charge in [-0.15, -0.1) is 10.2 Å². The van der Waals surface area contributed by atoms with Crippen LogP contribution < -0.4 is 16.2 Å². The number of carbonyl (C=O) groups excluding carboxylic acids is 2. The molecular formula is C33H25N5O11S3. The normalized spacial score (nSPS) is 16.7. The number of hydrogen-bond donors (Lipinski definition) is 6. The topological polar surface area (TPSA) is 258 Å². The summed E-state index contributed by atoms with van der Waals surface area (Å²) >= 11 is 0. The van der Waals surface area contributed by atoms with Gasteiger partial charge in [-0.05, 0) is 78.7 Å². The molecule has 0 heterocycles. The minimum atomic E-state index is -4.99. The standard InChI is InChI=1S/C33H25N5O11S3/c1-18-12-27(28(39)17-26(18)36-35-22-15-25-24(30(16-22)51(44,45)46)8-5-9-29(25)50(41,42)43)37-38-32-31(52(47,48)49)14-19-13-21(10-11-23(19)33(32)40)34-20-6-3-2-4-7-20/h2-17,34-36H,1H3,(H,41,42,43)(H,44,45,46)(H,47,48,49)/b37-27-,38-32-. The van der Waals surface area contributed by atoms with Crippen molar-refractivity contribution in [1.82, 2.24) is 5.43 Å². The molecule has 0 unspecified atom stereocenters. The van der Waals surface area contributed by atoms with E-state index in [1.54, 1.807) is 18.2 Å². The monoisotopic (exact) mass is 763 g/mol. The van der Waals surface area contributed by atoms with Crippen molar-refractivity contribution >= 4 is 87.3 Å². The minimum absolute atomic E-state index is 0.0682. The Morgan fingerprint density at radius 1 is 0.615 bits per heavy atom. The lowest BCUT2D eigenvalue weighted by Gasteiger charge is -2.18. The van der Waals surface area contributed by atoms with Crippen LogP contribution in [0.4, 0.5) is 17.1 Å². The molecule has 0 saturated carbocycles. The first-order valence-electron chi connectivity index (χ1n) is 14.7. The van der Waals surface area contributed by atoms with Crippen LogP contribution in [0.1, 0.15) is 22.8 Å². The van der Waals surface area contributed by atoms with Crippen LogP contribution in [-0.4, -0.2) is 61.9 Å². The van der Waals surface area contributed by atoms with Gasteiger partial charge in [-0.2, -0.15) is 25.3 Å². The van der Waals surface area contributed by atoms with Gasteiger partial charge in [0.15, 0.2) is 5.71 Å². The number of carbonyl (C=O) groups is 2. The summed E-state index contributed by atoms with van der Waals surface area (Å²) in [6, 6.07) is 19.3. The number of para-hydroxylation sites is 1. The summed E-state index contributed by atoms with van der Waals surface area (Å²) in [5, 5.41) is 10.3. The van der Waals surface area contributed by atoms with Crippen molar-refractivity contribution in [3.8, 4) is 0 Å². The number of allylic oxidation sites excluding steroid dienone is 4. The molecule has 4 aromatic carbocycles. The summed E-state index contributed by atoms with van der Waals surface area (Å²) in [5.74, 6) is -1.63. The molecule has 52 heavy (non-hydrogen) atoms. The second-order valence-corrected chi connectivity index (χ2v) is 15.5. The van der Waals surface area contributed by atoms with Gasteiger partial charge in [-0.1, -0.05) is 30.3 Å². The average molecular weight is 764 g/mol. The lowest BCUT2D eigenvalue weighted by atomic mass is 9.94. The highest BCUT2D eigenvalue weighted by atomic mass is 32.2. The number of rotatable bonds is 9. The minimum Gasteiger partial charge on any atom is -0.356 e. The fourth-order valence-corrected chi connectivity index (χ4v) is 7.44. The number of nitrogens with one attached hydrogen (secondary N) is 3. The quantitative estimate of drug-likeness (QED) is 0.0788. The fraction of sp³-hybridized carbons (Fsp3) is 0.0303. The Kier molecular flexibility index (Phi) is 9.25. The summed E-state index contributed by atoms with van der Waals surface area (Å²) in [5.41, 5.74) is 6.14. The molecule has 19 heteroatoms. The Morgan fingerprint density at radius 2 is 1.33 bits per heavy atom. The van der Waals surface area contributed by atoms with E-state index in [9.17, 15) is 48.5 Å². The third-order valence-electron chi connectivity index (χ3n) is 7.75.